The summed E-state index contributed by atoms with van der Waals surface area (Å²) in [7, 11) is 1.37. The van der Waals surface area contributed by atoms with Crippen molar-refractivity contribution in [2.45, 2.75) is 31.6 Å². The minimum atomic E-state index is -4.49. The first-order chi connectivity index (χ1) is 16.2. The topological polar surface area (TPSA) is 59.4 Å². The Morgan fingerprint density at radius 2 is 1.85 bits per heavy atom. The van der Waals surface area contributed by atoms with Crippen LogP contribution in [0.2, 0.25) is 0 Å². The second kappa shape index (κ2) is 9.84. The molecule has 1 fully saturated rings. The Kier molecular flexibility index (Phi) is 6.87. The highest BCUT2D eigenvalue weighted by molar-refractivity contribution is 5.95. The average Bonchev–Trinajstić information content (AvgIpc) is 3.26. The number of likely N-dealkylation sites (tertiary alicyclic amines) is 1. The number of amides is 1. The number of methoxy groups -OCH3 is 1. The van der Waals surface area contributed by atoms with E-state index < -0.39 is 17.6 Å². The standard InChI is InChI=1S/C24H24F4N4O2/c1-34-21-15-32(20-4-2-3-17(13-20)24(26,27)28)30-22(21)23(33)29-19-9-11-31(12-10-19)14-16-5-7-18(25)8-6-16/h2-8,13,15,19H,9-12,14H2,1H3,(H,29,33). The normalized spacial score (nSPS) is 15.3. The monoisotopic (exact) mass is 476 g/mol. The predicted molar refractivity (Wildman–Crippen MR) is 117 cm³/mol. The lowest BCUT2D eigenvalue weighted by Gasteiger charge is -2.32. The summed E-state index contributed by atoms with van der Waals surface area (Å²) in [5.41, 5.74) is 0.390. The molecule has 1 saturated heterocycles. The van der Waals surface area contributed by atoms with Crippen LogP contribution in [-0.4, -0.2) is 46.8 Å². The van der Waals surface area contributed by atoms with E-state index in [0.29, 0.717) is 6.54 Å². The molecular formula is C24H24F4N4O2. The molecule has 34 heavy (non-hydrogen) atoms. The number of ether oxygens (including phenoxy) is 1. The fraction of sp³-hybridized carbons (Fsp3) is 0.333. The number of piperidine rings is 1. The van der Waals surface area contributed by atoms with Crippen LogP contribution in [0.1, 0.15) is 34.5 Å². The molecule has 10 heteroatoms. The van der Waals surface area contributed by atoms with Crippen molar-refractivity contribution < 1.29 is 27.1 Å². The van der Waals surface area contributed by atoms with E-state index in [1.807, 2.05) is 0 Å². The van der Waals surface area contributed by atoms with E-state index in [1.54, 1.807) is 12.1 Å². The highest BCUT2D eigenvalue weighted by atomic mass is 19.4. The maximum Gasteiger partial charge on any atom is 0.416 e. The maximum absolute atomic E-state index is 13.1. The van der Waals surface area contributed by atoms with Gasteiger partial charge in [0.1, 0.15) is 5.82 Å². The average molecular weight is 476 g/mol. The van der Waals surface area contributed by atoms with E-state index in [0.717, 1.165) is 43.6 Å². The van der Waals surface area contributed by atoms with E-state index in [4.69, 9.17) is 4.74 Å². The first-order valence-electron chi connectivity index (χ1n) is 10.8. The molecule has 1 N–H and O–H groups in total. The minimum Gasteiger partial charge on any atom is -0.493 e. The Bertz CT molecular complexity index is 1140. The molecule has 0 saturated carbocycles. The van der Waals surface area contributed by atoms with Gasteiger partial charge in [0.15, 0.2) is 11.4 Å². The summed E-state index contributed by atoms with van der Waals surface area (Å²) in [6, 6.07) is 11.0. The van der Waals surface area contributed by atoms with Crippen molar-refractivity contribution in [1.29, 1.82) is 0 Å². The number of hydrogen-bond acceptors (Lipinski definition) is 4. The Labute approximate surface area is 194 Å². The van der Waals surface area contributed by atoms with Gasteiger partial charge in [-0.3, -0.25) is 9.69 Å². The van der Waals surface area contributed by atoms with Gasteiger partial charge in [-0.15, -0.1) is 0 Å². The van der Waals surface area contributed by atoms with Crippen LogP contribution in [-0.2, 0) is 12.7 Å². The van der Waals surface area contributed by atoms with Gasteiger partial charge in [0.2, 0.25) is 0 Å². The lowest BCUT2D eigenvalue weighted by Crippen LogP contribution is -2.44. The first kappa shape index (κ1) is 23.7. The zero-order valence-electron chi connectivity index (χ0n) is 18.5. The molecule has 1 aliphatic rings. The second-order valence-electron chi connectivity index (χ2n) is 8.19. The molecule has 0 unspecified atom stereocenters. The van der Waals surface area contributed by atoms with Crippen molar-refractivity contribution in [2.75, 3.05) is 20.2 Å². The molecule has 4 rings (SSSR count). The summed E-state index contributed by atoms with van der Waals surface area (Å²) in [4.78, 5) is 15.1. The van der Waals surface area contributed by atoms with E-state index in [2.05, 4.69) is 15.3 Å². The van der Waals surface area contributed by atoms with Gasteiger partial charge in [-0.25, -0.2) is 9.07 Å². The van der Waals surface area contributed by atoms with Gasteiger partial charge in [-0.2, -0.15) is 18.3 Å². The fourth-order valence-corrected chi connectivity index (χ4v) is 3.96. The fourth-order valence-electron chi connectivity index (χ4n) is 3.96. The van der Waals surface area contributed by atoms with Crippen molar-refractivity contribution in [2.24, 2.45) is 0 Å². The van der Waals surface area contributed by atoms with Gasteiger partial charge in [0.05, 0.1) is 24.6 Å². The molecular weight excluding hydrogens is 452 g/mol. The number of aromatic nitrogens is 2. The number of nitrogens with zero attached hydrogens (tertiary/aromatic N) is 3. The van der Waals surface area contributed by atoms with Crippen LogP contribution in [0.3, 0.4) is 0 Å². The van der Waals surface area contributed by atoms with Crippen LogP contribution in [0, 0.1) is 5.82 Å². The summed E-state index contributed by atoms with van der Waals surface area (Å²) in [5.74, 6) is -0.542. The van der Waals surface area contributed by atoms with Crippen molar-refractivity contribution >= 4 is 5.91 Å². The number of hydrogen-bond donors (Lipinski definition) is 1. The Morgan fingerprint density at radius 1 is 1.15 bits per heavy atom. The van der Waals surface area contributed by atoms with E-state index in [9.17, 15) is 22.4 Å². The summed E-state index contributed by atoms with van der Waals surface area (Å²) in [5, 5.41) is 7.14. The second-order valence-corrected chi connectivity index (χ2v) is 8.19. The molecule has 0 atom stereocenters. The maximum atomic E-state index is 13.1. The van der Waals surface area contributed by atoms with Crippen molar-refractivity contribution in [3.8, 4) is 11.4 Å². The number of rotatable bonds is 6. The summed E-state index contributed by atoms with van der Waals surface area (Å²) in [6.45, 7) is 2.23. The van der Waals surface area contributed by atoms with Crippen molar-refractivity contribution in [3.05, 3.63) is 77.4 Å². The van der Waals surface area contributed by atoms with Crippen LogP contribution >= 0.6 is 0 Å². The Morgan fingerprint density at radius 3 is 2.50 bits per heavy atom. The smallest absolute Gasteiger partial charge is 0.416 e. The lowest BCUT2D eigenvalue weighted by molar-refractivity contribution is -0.137. The molecule has 2 heterocycles. The molecule has 2 aromatic carbocycles. The van der Waals surface area contributed by atoms with Crippen LogP contribution in [0.25, 0.3) is 5.69 Å². The van der Waals surface area contributed by atoms with Crippen LogP contribution in [0.5, 0.6) is 5.75 Å². The third kappa shape index (κ3) is 5.56. The SMILES string of the molecule is COc1cn(-c2cccc(C(F)(F)F)c2)nc1C(=O)NC1CCN(Cc2ccc(F)cc2)CC1. The molecule has 0 spiro atoms. The molecule has 0 aliphatic carbocycles. The van der Waals surface area contributed by atoms with E-state index >= 15 is 0 Å². The molecule has 3 aromatic rings. The third-order valence-electron chi connectivity index (χ3n) is 5.80. The van der Waals surface area contributed by atoms with Crippen molar-refractivity contribution in [1.82, 2.24) is 20.0 Å². The largest absolute Gasteiger partial charge is 0.493 e. The molecule has 6 nitrogen and oxygen atoms in total. The number of carbonyl (C=O) groups is 1. The third-order valence-corrected chi connectivity index (χ3v) is 5.80. The van der Waals surface area contributed by atoms with Gasteiger partial charge < -0.3 is 10.1 Å². The first-order valence-corrected chi connectivity index (χ1v) is 10.8. The lowest BCUT2D eigenvalue weighted by atomic mass is 10.0. The molecule has 0 bridgehead atoms. The van der Waals surface area contributed by atoms with Gasteiger partial charge in [-0.1, -0.05) is 18.2 Å². The Balaban J connectivity index is 1.39. The quantitative estimate of drug-likeness (QED) is 0.535. The number of benzene rings is 2. The minimum absolute atomic E-state index is 0.00801. The highest BCUT2D eigenvalue weighted by Crippen LogP contribution is 2.31. The molecule has 1 aliphatic heterocycles. The highest BCUT2D eigenvalue weighted by Gasteiger charge is 2.31. The van der Waals surface area contributed by atoms with Crippen molar-refractivity contribution in [3.63, 3.8) is 0 Å². The molecule has 180 valence electrons. The van der Waals surface area contributed by atoms with Crippen LogP contribution in [0.15, 0.2) is 54.7 Å². The summed E-state index contributed by atoms with van der Waals surface area (Å²) in [6.07, 6.45) is -1.65. The number of alkyl halides is 3. The van der Waals surface area contributed by atoms with Crippen LogP contribution < -0.4 is 10.1 Å². The number of halogens is 4. The number of carbonyl (C=O) groups excluding carboxylic acids is 1. The van der Waals surface area contributed by atoms with E-state index in [1.165, 1.54) is 42.3 Å². The molecule has 1 amide bonds. The predicted octanol–water partition coefficient (Wildman–Crippen LogP) is 4.43. The summed E-state index contributed by atoms with van der Waals surface area (Å²) < 4.78 is 58.7. The van der Waals surface area contributed by atoms with Gasteiger partial charge in [0.25, 0.3) is 5.91 Å². The summed E-state index contributed by atoms with van der Waals surface area (Å²) >= 11 is 0. The zero-order chi connectivity index (χ0) is 24.3. The molecule has 1 aromatic heterocycles. The van der Waals surface area contributed by atoms with Crippen LogP contribution in [0.4, 0.5) is 17.6 Å². The molecule has 0 radical (unpaired) electrons. The van der Waals surface area contributed by atoms with Gasteiger partial charge in [0, 0.05) is 25.7 Å². The van der Waals surface area contributed by atoms with Gasteiger partial charge in [-0.05, 0) is 48.7 Å². The zero-order valence-corrected chi connectivity index (χ0v) is 18.5. The van der Waals surface area contributed by atoms with Gasteiger partial charge >= 0.3 is 6.18 Å². The van der Waals surface area contributed by atoms with E-state index in [-0.39, 0.29) is 29.0 Å². The number of nitrogens with one attached hydrogen (secondary N) is 1. The Hall–Kier alpha value is -3.40.